The van der Waals surface area contributed by atoms with E-state index in [1.807, 2.05) is 6.07 Å². The van der Waals surface area contributed by atoms with Gasteiger partial charge in [0.05, 0.1) is 13.0 Å². The zero-order valence-corrected chi connectivity index (χ0v) is 9.30. The highest BCUT2D eigenvalue weighted by molar-refractivity contribution is 5.76. The number of benzene rings is 1. The second kappa shape index (κ2) is 3.55. The smallest absolute Gasteiger partial charge is 0.307 e. The van der Waals surface area contributed by atoms with Crippen molar-refractivity contribution < 1.29 is 24.1 Å². The molecule has 1 aliphatic carbocycles. The lowest BCUT2D eigenvalue weighted by Crippen LogP contribution is -2.00. The molecular formula is C12H12O5. The van der Waals surface area contributed by atoms with Crippen molar-refractivity contribution in [3.05, 3.63) is 17.7 Å². The van der Waals surface area contributed by atoms with E-state index in [1.54, 1.807) is 13.2 Å². The van der Waals surface area contributed by atoms with Gasteiger partial charge in [-0.15, -0.1) is 0 Å². The van der Waals surface area contributed by atoms with E-state index in [2.05, 4.69) is 0 Å². The van der Waals surface area contributed by atoms with Crippen molar-refractivity contribution in [2.45, 2.75) is 12.3 Å². The maximum Gasteiger partial charge on any atom is 0.307 e. The fourth-order valence-electron chi connectivity index (χ4n) is 2.22. The van der Waals surface area contributed by atoms with Crippen LogP contribution in [-0.4, -0.2) is 25.0 Å². The monoisotopic (exact) mass is 236 g/mol. The molecule has 0 spiro atoms. The Balaban J connectivity index is 1.96. The van der Waals surface area contributed by atoms with Crippen LogP contribution in [0.15, 0.2) is 12.1 Å². The van der Waals surface area contributed by atoms with Crippen LogP contribution in [0.5, 0.6) is 17.2 Å². The molecule has 17 heavy (non-hydrogen) atoms. The predicted molar refractivity (Wildman–Crippen MR) is 57.6 cm³/mol. The Morgan fingerprint density at radius 2 is 2.12 bits per heavy atom. The van der Waals surface area contributed by atoms with E-state index in [1.165, 1.54) is 0 Å². The summed E-state index contributed by atoms with van der Waals surface area (Å²) in [6, 6.07) is 3.59. The molecule has 90 valence electrons. The van der Waals surface area contributed by atoms with Gasteiger partial charge in [0.25, 0.3) is 0 Å². The highest BCUT2D eigenvalue weighted by Crippen LogP contribution is 2.53. The van der Waals surface area contributed by atoms with Crippen molar-refractivity contribution in [1.82, 2.24) is 0 Å². The van der Waals surface area contributed by atoms with E-state index in [-0.39, 0.29) is 18.6 Å². The Hall–Kier alpha value is -1.91. The minimum absolute atomic E-state index is 0.0250. The zero-order chi connectivity index (χ0) is 12.0. The molecule has 5 nitrogen and oxygen atoms in total. The highest BCUT2D eigenvalue weighted by Gasteiger charge is 2.46. The summed E-state index contributed by atoms with van der Waals surface area (Å²) >= 11 is 0. The SMILES string of the molecule is COc1cc2c(cc1[C@@H]1C[C@H]1C(=O)O)OCO2. The fraction of sp³-hybridized carbons (Fsp3) is 0.417. The molecule has 0 saturated heterocycles. The molecule has 1 aliphatic heterocycles. The Morgan fingerprint density at radius 3 is 2.71 bits per heavy atom. The third kappa shape index (κ3) is 1.58. The van der Waals surface area contributed by atoms with Gasteiger partial charge in [0.1, 0.15) is 5.75 Å². The van der Waals surface area contributed by atoms with E-state index in [4.69, 9.17) is 19.3 Å². The van der Waals surface area contributed by atoms with Gasteiger partial charge in [0, 0.05) is 17.5 Å². The Kier molecular flexibility index (Phi) is 2.14. The van der Waals surface area contributed by atoms with Gasteiger partial charge in [-0.2, -0.15) is 0 Å². The summed E-state index contributed by atoms with van der Waals surface area (Å²) in [6.45, 7) is 0.203. The third-order valence-electron chi connectivity index (χ3n) is 3.23. The van der Waals surface area contributed by atoms with E-state index in [0.29, 0.717) is 23.7 Å². The van der Waals surface area contributed by atoms with Gasteiger partial charge in [-0.3, -0.25) is 4.79 Å². The van der Waals surface area contributed by atoms with Crippen LogP contribution in [0.4, 0.5) is 0 Å². The standard InChI is InChI=1S/C12H12O5/c1-15-9-4-11-10(16-5-17-11)3-7(9)6-2-8(6)12(13)14/h3-4,6,8H,2,5H2,1H3,(H,13,14)/t6-,8+/m0/s1. The largest absolute Gasteiger partial charge is 0.496 e. The average molecular weight is 236 g/mol. The highest BCUT2D eigenvalue weighted by atomic mass is 16.7. The molecule has 1 saturated carbocycles. The summed E-state index contributed by atoms with van der Waals surface area (Å²) in [4.78, 5) is 10.9. The van der Waals surface area contributed by atoms with Crippen LogP contribution >= 0.6 is 0 Å². The summed E-state index contributed by atoms with van der Waals surface area (Å²) < 4.78 is 15.8. The molecule has 1 aromatic carbocycles. The minimum atomic E-state index is -0.755. The number of carboxylic acids is 1. The van der Waals surface area contributed by atoms with Crippen LogP contribution < -0.4 is 14.2 Å². The van der Waals surface area contributed by atoms with Crippen molar-refractivity contribution in [2.75, 3.05) is 13.9 Å². The maximum absolute atomic E-state index is 10.9. The van der Waals surface area contributed by atoms with Crippen LogP contribution in [0, 0.1) is 5.92 Å². The van der Waals surface area contributed by atoms with Gasteiger partial charge in [0.2, 0.25) is 6.79 Å². The predicted octanol–water partition coefficient (Wildman–Crippen LogP) is 1.61. The molecule has 0 bridgehead atoms. The van der Waals surface area contributed by atoms with Gasteiger partial charge in [0.15, 0.2) is 11.5 Å². The number of rotatable bonds is 3. The number of aliphatic carboxylic acids is 1. The number of carboxylic acid groups (broad SMARTS) is 1. The zero-order valence-electron chi connectivity index (χ0n) is 9.30. The molecule has 3 rings (SSSR count). The Labute approximate surface area is 97.9 Å². The third-order valence-corrected chi connectivity index (χ3v) is 3.23. The molecule has 1 aromatic rings. The molecule has 0 amide bonds. The van der Waals surface area contributed by atoms with Crippen LogP contribution in [-0.2, 0) is 4.79 Å². The van der Waals surface area contributed by atoms with Crippen molar-refractivity contribution in [3.63, 3.8) is 0 Å². The number of hydrogen-bond donors (Lipinski definition) is 1. The summed E-state index contributed by atoms with van der Waals surface area (Å²) in [7, 11) is 1.57. The van der Waals surface area contributed by atoms with E-state index in [9.17, 15) is 4.79 Å². The summed E-state index contributed by atoms with van der Waals surface area (Å²) in [5.41, 5.74) is 0.893. The normalized spacial score (nSPS) is 24.5. The quantitative estimate of drug-likeness (QED) is 0.863. The lowest BCUT2D eigenvalue weighted by molar-refractivity contribution is -0.138. The fourth-order valence-corrected chi connectivity index (χ4v) is 2.22. The maximum atomic E-state index is 10.9. The van der Waals surface area contributed by atoms with E-state index >= 15 is 0 Å². The number of fused-ring (bicyclic) bond motifs is 1. The summed E-state index contributed by atoms with van der Waals surface area (Å²) in [5.74, 6) is 0.953. The van der Waals surface area contributed by atoms with Crippen molar-refractivity contribution in [3.8, 4) is 17.2 Å². The van der Waals surface area contributed by atoms with Crippen molar-refractivity contribution in [2.24, 2.45) is 5.92 Å². The molecule has 5 heteroatoms. The average Bonchev–Trinajstić information content (AvgIpc) is 2.99. The molecule has 0 unspecified atom stereocenters. The van der Waals surface area contributed by atoms with Crippen molar-refractivity contribution >= 4 is 5.97 Å². The van der Waals surface area contributed by atoms with Crippen LogP contribution in [0.3, 0.4) is 0 Å². The summed E-state index contributed by atoms with van der Waals surface area (Å²) in [5, 5.41) is 8.95. The lowest BCUT2D eigenvalue weighted by atomic mass is 10.1. The van der Waals surface area contributed by atoms with E-state index in [0.717, 1.165) is 5.56 Å². The molecule has 2 atom stereocenters. The molecule has 1 heterocycles. The molecule has 0 radical (unpaired) electrons. The van der Waals surface area contributed by atoms with Crippen molar-refractivity contribution in [1.29, 1.82) is 0 Å². The Morgan fingerprint density at radius 1 is 1.41 bits per heavy atom. The van der Waals surface area contributed by atoms with E-state index < -0.39 is 5.97 Å². The topological polar surface area (TPSA) is 65.0 Å². The number of ether oxygens (including phenoxy) is 3. The second-order valence-corrected chi connectivity index (χ2v) is 4.23. The molecule has 2 aliphatic rings. The van der Waals surface area contributed by atoms with Crippen LogP contribution in [0.25, 0.3) is 0 Å². The first-order valence-corrected chi connectivity index (χ1v) is 5.41. The molecular weight excluding hydrogens is 224 g/mol. The van der Waals surface area contributed by atoms with Gasteiger partial charge in [-0.25, -0.2) is 0 Å². The number of hydrogen-bond acceptors (Lipinski definition) is 4. The first-order valence-electron chi connectivity index (χ1n) is 5.41. The second-order valence-electron chi connectivity index (χ2n) is 4.23. The molecule has 0 aromatic heterocycles. The van der Waals surface area contributed by atoms with Crippen LogP contribution in [0.1, 0.15) is 17.9 Å². The Bertz CT molecular complexity index is 482. The number of carbonyl (C=O) groups is 1. The number of methoxy groups -OCH3 is 1. The van der Waals surface area contributed by atoms with Crippen LogP contribution in [0.2, 0.25) is 0 Å². The van der Waals surface area contributed by atoms with Gasteiger partial charge in [-0.05, 0) is 12.5 Å². The first kappa shape index (κ1) is 10.3. The first-order chi connectivity index (χ1) is 8.20. The molecule has 1 fully saturated rings. The summed E-state index contributed by atoms with van der Waals surface area (Å²) in [6.07, 6.45) is 0.658. The lowest BCUT2D eigenvalue weighted by Gasteiger charge is -2.09. The van der Waals surface area contributed by atoms with Gasteiger partial charge in [-0.1, -0.05) is 0 Å². The minimum Gasteiger partial charge on any atom is -0.496 e. The van der Waals surface area contributed by atoms with Gasteiger partial charge >= 0.3 is 5.97 Å². The van der Waals surface area contributed by atoms with Gasteiger partial charge < -0.3 is 19.3 Å². The molecule has 1 N–H and O–H groups in total.